The summed E-state index contributed by atoms with van der Waals surface area (Å²) in [5.74, 6) is 1.02. The topological polar surface area (TPSA) is 72.7 Å². The number of thioether (sulfide) groups is 1. The largest absolute Gasteiger partial charge is 0.353 e. The normalized spacial score (nSPS) is 12.0. The SMILES string of the molecule is CCC[C@H](C)NC(=O)CSc1nnc(-c2cccnc2)n1-c1ccc(C)cc1C. The number of benzene rings is 1. The van der Waals surface area contributed by atoms with E-state index in [1.165, 1.54) is 17.3 Å². The van der Waals surface area contributed by atoms with Gasteiger partial charge in [-0.15, -0.1) is 10.2 Å². The molecule has 0 aliphatic carbocycles. The van der Waals surface area contributed by atoms with Crippen LogP contribution in [0.5, 0.6) is 0 Å². The van der Waals surface area contributed by atoms with Crippen molar-refractivity contribution < 1.29 is 4.79 Å². The molecule has 0 radical (unpaired) electrons. The molecule has 3 aromatic rings. The van der Waals surface area contributed by atoms with Gasteiger partial charge in [0.25, 0.3) is 0 Å². The van der Waals surface area contributed by atoms with Gasteiger partial charge >= 0.3 is 0 Å². The van der Waals surface area contributed by atoms with Crippen LogP contribution in [0.4, 0.5) is 0 Å². The van der Waals surface area contributed by atoms with Gasteiger partial charge in [0.05, 0.1) is 11.4 Å². The van der Waals surface area contributed by atoms with Gasteiger partial charge in [-0.05, 0) is 51.0 Å². The van der Waals surface area contributed by atoms with Gasteiger partial charge in [0.1, 0.15) is 0 Å². The maximum absolute atomic E-state index is 12.3. The summed E-state index contributed by atoms with van der Waals surface area (Å²) in [5, 5.41) is 12.5. The Labute approximate surface area is 176 Å². The molecule has 0 saturated carbocycles. The molecule has 7 heteroatoms. The molecule has 152 valence electrons. The van der Waals surface area contributed by atoms with Crippen LogP contribution in [0.25, 0.3) is 17.1 Å². The lowest BCUT2D eigenvalue weighted by Crippen LogP contribution is -2.33. The third-order valence-corrected chi connectivity index (χ3v) is 5.54. The highest BCUT2D eigenvalue weighted by molar-refractivity contribution is 7.99. The Morgan fingerprint density at radius 2 is 2.07 bits per heavy atom. The molecular formula is C22H27N5OS. The average molecular weight is 410 g/mol. The lowest BCUT2D eigenvalue weighted by molar-refractivity contribution is -0.119. The van der Waals surface area contributed by atoms with Crippen molar-refractivity contribution in [1.82, 2.24) is 25.1 Å². The number of amides is 1. The van der Waals surface area contributed by atoms with Crippen LogP contribution in [-0.2, 0) is 4.79 Å². The molecule has 29 heavy (non-hydrogen) atoms. The van der Waals surface area contributed by atoms with Crippen molar-refractivity contribution in [3.05, 3.63) is 53.9 Å². The van der Waals surface area contributed by atoms with Gasteiger partial charge in [-0.3, -0.25) is 14.3 Å². The summed E-state index contributed by atoms with van der Waals surface area (Å²) in [4.78, 5) is 16.6. The molecule has 0 saturated heterocycles. The molecule has 1 aromatic carbocycles. The molecule has 0 bridgehead atoms. The van der Waals surface area contributed by atoms with E-state index in [0.29, 0.717) is 16.7 Å². The number of carbonyl (C=O) groups is 1. The van der Waals surface area contributed by atoms with Gasteiger partial charge in [-0.25, -0.2) is 0 Å². The molecule has 1 atom stereocenters. The molecule has 2 aromatic heterocycles. The summed E-state index contributed by atoms with van der Waals surface area (Å²) in [6.45, 7) is 8.29. The molecule has 3 rings (SSSR count). The van der Waals surface area contributed by atoms with Crippen LogP contribution < -0.4 is 5.32 Å². The van der Waals surface area contributed by atoms with Crippen molar-refractivity contribution in [1.29, 1.82) is 0 Å². The molecular weight excluding hydrogens is 382 g/mol. The van der Waals surface area contributed by atoms with Gasteiger partial charge in [-0.1, -0.05) is 42.8 Å². The van der Waals surface area contributed by atoms with Gasteiger partial charge in [-0.2, -0.15) is 0 Å². The van der Waals surface area contributed by atoms with Crippen LogP contribution in [0.3, 0.4) is 0 Å². The number of carbonyl (C=O) groups excluding carboxylic acids is 1. The van der Waals surface area contributed by atoms with Crippen LogP contribution in [0, 0.1) is 13.8 Å². The first kappa shape index (κ1) is 21.0. The smallest absolute Gasteiger partial charge is 0.230 e. The van der Waals surface area contributed by atoms with E-state index in [-0.39, 0.29) is 11.9 Å². The van der Waals surface area contributed by atoms with E-state index in [2.05, 4.69) is 59.5 Å². The number of hydrogen-bond donors (Lipinski definition) is 1. The van der Waals surface area contributed by atoms with Gasteiger partial charge in [0.15, 0.2) is 11.0 Å². The number of rotatable bonds is 8. The van der Waals surface area contributed by atoms with E-state index >= 15 is 0 Å². The lowest BCUT2D eigenvalue weighted by Gasteiger charge is -2.14. The van der Waals surface area contributed by atoms with Gasteiger partial charge < -0.3 is 5.32 Å². The van der Waals surface area contributed by atoms with Gasteiger partial charge in [0.2, 0.25) is 5.91 Å². The third kappa shape index (κ3) is 5.23. The standard InChI is InChI=1S/C22H27N5OS/c1-5-7-17(4)24-20(28)14-29-22-26-25-21(18-8-6-11-23-13-18)27(22)19-10-9-15(2)12-16(19)3/h6,8-13,17H,5,7,14H2,1-4H3,(H,24,28)/t17-/m0/s1. The Balaban J connectivity index is 1.91. The highest BCUT2D eigenvalue weighted by Crippen LogP contribution is 2.29. The van der Waals surface area contributed by atoms with Crippen LogP contribution >= 0.6 is 11.8 Å². The number of aryl methyl sites for hydroxylation is 2. The van der Waals surface area contributed by atoms with Crippen molar-refractivity contribution in [2.75, 3.05) is 5.75 Å². The molecule has 1 N–H and O–H groups in total. The third-order valence-electron chi connectivity index (χ3n) is 4.61. The van der Waals surface area contributed by atoms with E-state index in [0.717, 1.165) is 29.7 Å². The number of nitrogens with one attached hydrogen (secondary N) is 1. The number of hydrogen-bond acceptors (Lipinski definition) is 5. The molecule has 0 aliphatic rings. The van der Waals surface area contributed by atoms with E-state index in [1.807, 2.05) is 23.6 Å². The highest BCUT2D eigenvalue weighted by atomic mass is 32.2. The van der Waals surface area contributed by atoms with E-state index in [4.69, 9.17) is 0 Å². The van der Waals surface area contributed by atoms with Gasteiger partial charge in [0, 0.05) is 24.0 Å². The maximum atomic E-state index is 12.3. The summed E-state index contributed by atoms with van der Waals surface area (Å²) < 4.78 is 2.01. The maximum Gasteiger partial charge on any atom is 0.230 e. The zero-order valence-corrected chi connectivity index (χ0v) is 18.2. The Bertz CT molecular complexity index is 971. The molecule has 0 spiro atoms. The van der Waals surface area contributed by atoms with Crippen LogP contribution in [-0.4, -0.2) is 37.5 Å². The molecule has 2 heterocycles. The van der Waals surface area contributed by atoms with Crippen molar-refractivity contribution >= 4 is 17.7 Å². The second-order valence-corrected chi connectivity index (χ2v) is 8.16. The van der Waals surface area contributed by atoms with Crippen LogP contribution in [0.15, 0.2) is 47.9 Å². The first-order valence-electron chi connectivity index (χ1n) is 9.85. The fraction of sp³-hybridized carbons (Fsp3) is 0.364. The second kappa shape index (κ2) is 9.69. The molecule has 6 nitrogen and oxygen atoms in total. The minimum absolute atomic E-state index is 0.00839. The Kier molecular flexibility index (Phi) is 7.04. The zero-order chi connectivity index (χ0) is 20.8. The van der Waals surface area contributed by atoms with Crippen molar-refractivity contribution in [3.63, 3.8) is 0 Å². The van der Waals surface area contributed by atoms with Crippen molar-refractivity contribution in [2.24, 2.45) is 0 Å². The van der Waals surface area contributed by atoms with Crippen LogP contribution in [0.2, 0.25) is 0 Å². The Hall–Kier alpha value is -2.67. The first-order valence-corrected chi connectivity index (χ1v) is 10.8. The van der Waals surface area contributed by atoms with E-state index in [1.54, 1.807) is 12.4 Å². The minimum atomic E-state index is 0.00839. The van der Waals surface area contributed by atoms with E-state index in [9.17, 15) is 4.79 Å². The van der Waals surface area contributed by atoms with Crippen molar-refractivity contribution in [3.8, 4) is 17.1 Å². The predicted molar refractivity (Wildman–Crippen MR) is 117 cm³/mol. The average Bonchev–Trinajstić information content (AvgIpc) is 3.11. The second-order valence-electron chi connectivity index (χ2n) is 7.22. The summed E-state index contributed by atoms with van der Waals surface area (Å²) in [6.07, 6.45) is 5.53. The fourth-order valence-corrected chi connectivity index (χ4v) is 4.03. The molecule has 0 aliphatic heterocycles. The lowest BCUT2D eigenvalue weighted by atomic mass is 10.1. The molecule has 0 fully saturated rings. The summed E-state index contributed by atoms with van der Waals surface area (Å²) in [7, 11) is 0. The summed E-state index contributed by atoms with van der Waals surface area (Å²) >= 11 is 1.40. The first-order chi connectivity index (χ1) is 14.0. The molecule has 1 amide bonds. The summed E-state index contributed by atoms with van der Waals surface area (Å²) in [6, 6.07) is 10.3. The molecule has 0 unspecified atom stereocenters. The predicted octanol–water partition coefficient (Wildman–Crippen LogP) is 4.34. The monoisotopic (exact) mass is 409 g/mol. The van der Waals surface area contributed by atoms with E-state index < -0.39 is 0 Å². The quantitative estimate of drug-likeness (QED) is 0.560. The zero-order valence-electron chi connectivity index (χ0n) is 17.3. The number of pyridine rings is 1. The minimum Gasteiger partial charge on any atom is -0.353 e. The van der Waals surface area contributed by atoms with Crippen LogP contribution in [0.1, 0.15) is 37.8 Å². The van der Waals surface area contributed by atoms with Crippen molar-refractivity contribution in [2.45, 2.75) is 51.7 Å². The number of aromatic nitrogens is 4. The summed E-state index contributed by atoms with van der Waals surface area (Å²) in [5.41, 5.74) is 4.20. The Morgan fingerprint density at radius 3 is 2.76 bits per heavy atom. The Morgan fingerprint density at radius 1 is 1.24 bits per heavy atom. The number of nitrogens with zero attached hydrogens (tertiary/aromatic N) is 4. The highest BCUT2D eigenvalue weighted by Gasteiger charge is 2.19. The fourth-order valence-electron chi connectivity index (χ4n) is 3.27.